The SMILES string of the molecule is CCCOC(=O)c1ccc(NS(=O)(=O)NC(C)(C)C)cc1. The maximum Gasteiger partial charge on any atom is 0.338 e. The zero-order valence-electron chi connectivity index (χ0n) is 12.8. The molecule has 1 aromatic carbocycles. The molecule has 0 fully saturated rings. The molecule has 7 heteroatoms. The highest BCUT2D eigenvalue weighted by Gasteiger charge is 2.19. The predicted molar refractivity (Wildman–Crippen MR) is 82.4 cm³/mol. The average Bonchev–Trinajstić information content (AvgIpc) is 2.33. The van der Waals surface area contributed by atoms with E-state index in [1.54, 1.807) is 20.8 Å². The van der Waals surface area contributed by atoms with E-state index in [4.69, 9.17) is 4.74 Å². The van der Waals surface area contributed by atoms with Gasteiger partial charge in [0.05, 0.1) is 12.2 Å². The Balaban J connectivity index is 2.73. The number of anilines is 1. The molecule has 0 atom stereocenters. The van der Waals surface area contributed by atoms with Crippen molar-refractivity contribution in [3.05, 3.63) is 29.8 Å². The molecule has 2 N–H and O–H groups in total. The second-order valence-corrected chi connectivity index (χ2v) is 7.09. The van der Waals surface area contributed by atoms with Crippen LogP contribution in [-0.4, -0.2) is 26.5 Å². The van der Waals surface area contributed by atoms with Gasteiger partial charge in [-0.25, -0.2) is 4.79 Å². The number of nitrogens with one attached hydrogen (secondary N) is 2. The van der Waals surface area contributed by atoms with E-state index in [0.717, 1.165) is 6.42 Å². The Labute approximate surface area is 126 Å². The summed E-state index contributed by atoms with van der Waals surface area (Å²) in [5.41, 5.74) is 0.185. The maximum absolute atomic E-state index is 11.9. The Kier molecular flexibility index (Phi) is 5.74. The summed E-state index contributed by atoms with van der Waals surface area (Å²) in [5, 5.41) is 0. The summed E-state index contributed by atoms with van der Waals surface area (Å²) in [5.74, 6) is -0.418. The molecule has 0 aliphatic heterocycles. The first kappa shape index (κ1) is 17.5. The van der Waals surface area contributed by atoms with Gasteiger partial charge in [-0.1, -0.05) is 6.92 Å². The summed E-state index contributed by atoms with van der Waals surface area (Å²) in [7, 11) is -3.66. The zero-order chi connectivity index (χ0) is 16.1. The van der Waals surface area contributed by atoms with Crippen molar-refractivity contribution in [1.82, 2.24) is 4.72 Å². The fraction of sp³-hybridized carbons (Fsp3) is 0.500. The van der Waals surface area contributed by atoms with E-state index < -0.39 is 21.7 Å². The van der Waals surface area contributed by atoms with Crippen molar-refractivity contribution in [3.63, 3.8) is 0 Å². The van der Waals surface area contributed by atoms with Crippen LogP contribution in [0.3, 0.4) is 0 Å². The van der Waals surface area contributed by atoms with E-state index in [1.807, 2.05) is 6.92 Å². The van der Waals surface area contributed by atoms with E-state index >= 15 is 0 Å². The highest BCUT2D eigenvalue weighted by atomic mass is 32.2. The quantitative estimate of drug-likeness (QED) is 0.789. The minimum atomic E-state index is -3.66. The third kappa shape index (κ3) is 6.59. The van der Waals surface area contributed by atoms with Crippen molar-refractivity contribution in [2.45, 2.75) is 39.7 Å². The number of esters is 1. The van der Waals surface area contributed by atoms with Crippen LogP contribution in [0.5, 0.6) is 0 Å². The fourth-order valence-corrected chi connectivity index (χ4v) is 2.84. The maximum atomic E-state index is 11.9. The van der Waals surface area contributed by atoms with Gasteiger partial charge in [0.15, 0.2) is 0 Å². The molecule has 0 unspecified atom stereocenters. The predicted octanol–water partition coefficient (Wildman–Crippen LogP) is 2.30. The monoisotopic (exact) mass is 314 g/mol. The van der Waals surface area contributed by atoms with Gasteiger partial charge in [0.25, 0.3) is 10.2 Å². The van der Waals surface area contributed by atoms with Crippen LogP contribution in [0.4, 0.5) is 5.69 Å². The first-order valence-corrected chi connectivity index (χ1v) is 8.20. The lowest BCUT2D eigenvalue weighted by Gasteiger charge is -2.20. The molecule has 0 saturated carbocycles. The molecule has 0 saturated heterocycles. The summed E-state index contributed by atoms with van der Waals surface area (Å²) in [4.78, 5) is 11.6. The Hall–Kier alpha value is -1.60. The normalized spacial score (nSPS) is 12.0. The molecule has 0 heterocycles. The summed E-state index contributed by atoms with van der Waals surface area (Å²) in [6, 6.07) is 6.08. The molecule has 0 spiro atoms. The van der Waals surface area contributed by atoms with E-state index in [9.17, 15) is 13.2 Å². The minimum Gasteiger partial charge on any atom is -0.462 e. The summed E-state index contributed by atoms with van der Waals surface area (Å²) in [6.45, 7) is 7.52. The van der Waals surface area contributed by atoms with Gasteiger partial charge in [-0.15, -0.1) is 0 Å². The Morgan fingerprint density at radius 3 is 2.24 bits per heavy atom. The third-order valence-electron chi connectivity index (χ3n) is 2.25. The molecule has 0 aromatic heterocycles. The first-order chi connectivity index (χ1) is 9.63. The Bertz CT molecular complexity index is 574. The summed E-state index contributed by atoms with van der Waals surface area (Å²) in [6.07, 6.45) is 0.752. The van der Waals surface area contributed by atoms with Gasteiger partial charge in [-0.2, -0.15) is 13.1 Å². The molecule has 0 aliphatic rings. The molecule has 0 radical (unpaired) electrons. The molecule has 0 amide bonds. The molecular formula is C14H22N2O4S. The molecule has 0 aliphatic carbocycles. The number of carbonyl (C=O) groups is 1. The van der Waals surface area contributed by atoms with Crippen molar-refractivity contribution in [3.8, 4) is 0 Å². The van der Waals surface area contributed by atoms with Gasteiger partial charge < -0.3 is 4.74 Å². The van der Waals surface area contributed by atoms with Crippen LogP contribution >= 0.6 is 0 Å². The topological polar surface area (TPSA) is 84.5 Å². The summed E-state index contributed by atoms with van der Waals surface area (Å²) < 4.78 is 33.6. The molecule has 1 aromatic rings. The summed E-state index contributed by atoms with van der Waals surface area (Å²) >= 11 is 0. The van der Waals surface area contributed by atoms with Crippen molar-refractivity contribution in [2.75, 3.05) is 11.3 Å². The van der Waals surface area contributed by atoms with Gasteiger partial charge in [0.1, 0.15) is 0 Å². The van der Waals surface area contributed by atoms with Gasteiger partial charge in [-0.05, 0) is 51.5 Å². The van der Waals surface area contributed by atoms with Crippen LogP contribution in [0, 0.1) is 0 Å². The van der Waals surface area contributed by atoms with E-state index in [0.29, 0.717) is 17.9 Å². The average molecular weight is 314 g/mol. The van der Waals surface area contributed by atoms with Crippen LogP contribution in [0.25, 0.3) is 0 Å². The lowest BCUT2D eigenvalue weighted by Crippen LogP contribution is -2.43. The molecule has 1 rings (SSSR count). The van der Waals surface area contributed by atoms with Crippen LogP contribution in [0.15, 0.2) is 24.3 Å². The highest BCUT2D eigenvalue weighted by molar-refractivity contribution is 7.90. The lowest BCUT2D eigenvalue weighted by molar-refractivity contribution is 0.0505. The van der Waals surface area contributed by atoms with Crippen LogP contribution in [0.1, 0.15) is 44.5 Å². The second-order valence-electron chi connectivity index (χ2n) is 5.67. The van der Waals surface area contributed by atoms with E-state index in [1.165, 1.54) is 24.3 Å². The molecular weight excluding hydrogens is 292 g/mol. The van der Waals surface area contributed by atoms with Gasteiger partial charge in [0.2, 0.25) is 0 Å². The second kappa shape index (κ2) is 6.91. The number of rotatable bonds is 6. The largest absolute Gasteiger partial charge is 0.462 e. The fourth-order valence-electron chi connectivity index (χ4n) is 1.54. The first-order valence-electron chi connectivity index (χ1n) is 6.72. The van der Waals surface area contributed by atoms with Crippen molar-refractivity contribution in [2.24, 2.45) is 0 Å². The van der Waals surface area contributed by atoms with Crippen molar-refractivity contribution < 1.29 is 17.9 Å². The van der Waals surface area contributed by atoms with E-state index in [2.05, 4.69) is 9.44 Å². The molecule has 118 valence electrons. The van der Waals surface area contributed by atoms with Crippen molar-refractivity contribution in [1.29, 1.82) is 0 Å². The number of benzene rings is 1. The van der Waals surface area contributed by atoms with Gasteiger partial charge in [0, 0.05) is 11.2 Å². The van der Waals surface area contributed by atoms with Crippen LogP contribution < -0.4 is 9.44 Å². The molecule has 21 heavy (non-hydrogen) atoms. The van der Waals surface area contributed by atoms with Gasteiger partial charge >= 0.3 is 5.97 Å². The number of ether oxygens (including phenoxy) is 1. The number of carbonyl (C=O) groups excluding carboxylic acids is 1. The van der Waals surface area contributed by atoms with Crippen molar-refractivity contribution >= 4 is 21.9 Å². The number of hydrogen-bond acceptors (Lipinski definition) is 4. The van der Waals surface area contributed by atoms with Crippen LogP contribution in [-0.2, 0) is 14.9 Å². The highest BCUT2D eigenvalue weighted by Crippen LogP contribution is 2.13. The standard InChI is InChI=1S/C14H22N2O4S/c1-5-10-20-13(17)11-6-8-12(9-7-11)15-21(18,19)16-14(2,3)4/h6-9,15-16H,5,10H2,1-4H3. The molecule has 6 nitrogen and oxygen atoms in total. The Morgan fingerprint density at radius 2 is 1.76 bits per heavy atom. The van der Waals surface area contributed by atoms with E-state index in [-0.39, 0.29) is 0 Å². The Morgan fingerprint density at radius 1 is 1.19 bits per heavy atom. The molecule has 0 bridgehead atoms. The van der Waals surface area contributed by atoms with Crippen LogP contribution in [0.2, 0.25) is 0 Å². The zero-order valence-corrected chi connectivity index (χ0v) is 13.6. The minimum absolute atomic E-state index is 0.364. The third-order valence-corrected chi connectivity index (χ3v) is 3.64. The number of hydrogen-bond donors (Lipinski definition) is 2. The van der Waals surface area contributed by atoms with Gasteiger partial charge in [-0.3, -0.25) is 4.72 Å². The lowest BCUT2D eigenvalue weighted by atomic mass is 10.1. The smallest absolute Gasteiger partial charge is 0.338 e.